The predicted molar refractivity (Wildman–Crippen MR) is 95.2 cm³/mol. The number of benzene rings is 2. The van der Waals surface area contributed by atoms with Gasteiger partial charge in [0.05, 0.1) is 0 Å². The van der Waals surface area contributed by atoms with Crippen LogP contribution in [0.15, 0.2) is 42.5 Å². The van der Waals surface area contributed by atoms with Crippen molar-refractivity contribution in [2.24, 2.45) is 0 Å². The van der Waals surface area contributed by atoms with E-state index in [1.807, 2.05) is 38.1 Å². The van der Waals surface area contributed by atoms with E-state index in [4.69, 9.17) is 0 Å². The summed E-state index contributed by atoms with van der Waals surface area (Å²) in [5.41, 5.74) is 2.79. The highest BCUT2D eigenvalue weighted by atomic mass is 19.1. The molecule has 1 saturated heterocycles. The van der Waals surface area contributed by atoms with E-state index in [0.717, 1.165) is 11.3 Å². The second kappa shape index (κ2) is 6.67. The summed E-state index contributed by atoms with van der Waals surface area (Å²) in [4.78, 5) is 28.6. The zero-order valence-corrected chi connectivity index (χ0v) is 14.6. The van der Waals surface area contributed by atoms with Gasteiger partial charge in [0, 0.05) is 23.8 Å². The van der Waals surface area contributed by atoms with Crippen molar-refractivity contribution in [1.82, 2.24) is 4.90 Å². The number of hydrogen-bond donors (Lipinski definition) is 0. The summed E-state index contributed by atoms with van der Waals surface area (Å²) in [6.07, 6.45) is 0. The van der Waals surface area contributed by atoms with E-state index in [9.17, 15) is 14.0 Å². The lowest BCUT2D eigenvalue weighted by atomic mass is 10.1. The number of nitrogens with zero attached hydrogens (tertiary/aromatic N) is 2. The summed E-state index contributed by atoms with van der Waals surface area (Å²) in [5.74, 6) is -0.702. The Hall–Kier alpha value is -2.69. The average molecular weight is 340 g/mol. The Morgan fingerprint density at radius 1 is 1.12 bits per heavy atom. The van der Waals surface area contributed by atoms with Crippen molar-refractivity contribution in [1.29, 1.82) is 0 Å². The van der Waals surface area contributed by atoms with Gasteiger partial charge in [-0.1, -0.05) is 17.7 Å². The maximum Gasteiger partial charge on any atom is 0.254 e. The van der Waals surface area contributed by atoms with Gasteiger partial charge in [-0.15, -0.1) is 0 Å². The first-order valence-corrected chi connectivity index (χ1v) is 8.31. The molecule has 4 nitrogen and oxygen atoms in total. The van der Waals surface area contributed by atoms with Crippen molar-refractivity contribution in [2.45, 2.75) is 26.8 Å². The zero-order chi connectivity index (χ0) is 18.1. The van der Waals surface area contributed by atoms with E-state index in [0.29, 0.717) is 17.7 Å². The molecule has 0 spiro atoms. The minimum absolute atomic E-state index is 0.0182. The van der Waals surface area contributed by atoms with Crippen LogP contribution in [-0.4, -0.2) is 35.8 Å². The smallest absolute Gasteiger partial charge is 0.254 e. The average Bonchev–Trinajstić information content (AvgIpc) is 2.59. The van der Waals surface area contributed by atoms with E-state index in [1.165, 1.54) is 18.2 Å². The highest BCUT2D eigenvalue weighted by Crippen LogP contribution is 2.22. The molecule has 0 bridgehead atoms. The number of rotatable bonds is 2. The summed E-state index contributed by atoms with van der Waals surface area (Å²) < 4.78 is 13.4. The van der Waals surface area contributed by atoms with Crippen LogP contribution in [0.3, 0.4) is 0 Å². The zero-order valence-electron chi connectivity index (χ0n) is 14.6. The fourth-order valence-electron chi connectivity index (χ4n) is 3.04. The van der Waals surface area contributed by atoms with Gasteiger partial charge in [-0.25, -0.2) is 4.39 Å². The van der Waals surface area contributed by atoms with Crippen LogP contribution in [0, 0.1) is 19.7 Å². The molecule has 0 saturated carbocycles. The molecule has 3 rings (SSSR count). The summed E-state index contributed by atoms with van der Waals surface area (Å²) in [7, 11) is 0. The van der Waals surface area contributed by atoms with Gasteiger partial charge in [0.2, 0.25) is 5.91 Å². The maximum absolute atomic E-state index is 13.4. The molecule has 1 atom stereocenters. The van der Waals surface area contributed by atoms with Crippen LogP contribution in [0.1, 0.15) is 28.4 Å². The molecule has 1 fully saturated rings. The molecule has 130 valence electrons. The van der Waals surface area contributed by atoms with E-state index in [2.05, 4.69) is 0 Å². The molecule has 1 aliphatic heterocycles. The number of anilines is 1. The van der Waals surface area contributed by atoms with Crippen molar-refractivity contribution in [3.8, 4) is 0 Å². The van der Waals surface area contributed by atoms with Crippen molar-refractivity contribution in [3.63, 3.8) is 0 Å². The fourth-order valence-corrected chi connectivity index (χ4v) is 3.04. The van der Waals surface area contributed by atoms with Crippen LogP contribution in [0.4, 0.5) is 10.1 Å². The Bertz CT molecular complexity index is 817. The van der Waals surface area contributed by atoms with Crippen molar-refractivity contribution < 1.29 is 14.0 Å². The number of aryl methyl sites for hydroxylation is 2. The van der Waals surface area contributed by atoms with Crippen LogP contribution in [0.5, 0.6) is 0 Å². The highest BCUT2D eigenvalue weighted by molar-refractivity contribution is 6.02. The van der Waals surface area contributed by atoms with Crippen LogP contribution >= 0.6 is 0 Å². The molecule has 0 radical (unpaired) electrons. The van der Waals surface area contributed by atoms with Gasteiger partial charge in [0.25, 0.3) is 5.91 Å². The summed E-state index contributed by atoms with van der Waals surface area (Å²) in [6.45, 7) is 5.99. The number of piperazine rings is 1. The largest absolute Gasteiger partial charge is 0.325 e. The van der Waals surface area contributed by atoms with E-state index in [-0.39, 0.29) is 30.2 Å². The molecule has 25 heavy (non-hydrogen) atoms. The van der Waals surface area contributed by atoms with Crippen molar-refractivity contribution >= 4 is 17.5 Å². The number of amides is 2. The minimum Gasteiger partial charge on any atom is -0.325 e. The monoisotopic (exact) mass is 340 g/mol. The van der Waals surface area contributed by atoms with E-state index < -0.39 is 0 Å². The molecular weight excluding hydrogens is 319 g/mol. The van der Waals surface area contributed by atoms with E-state index >= 15 is 0 Å². The Labute approximate surface area is 146 Å². The summed E-state index contributed by atoms with van der Waals surface area (Å²) >= 11 is 0. The molecule has 1 heterocycles. The lowest BCUT2D eigenvalue weighted by Gasteiger charge is -2.39. The molecule has 2 aromatic rings. The molecule has 5 heteroatoms. The highest BCUT2D eigenvalue weighted by Gasteiger charge is 2.33. The molecule has 0 aliphatic carbocycles. The third kappa shape index (κ3) is 3.40. The maximum atomic E-state index is 13.4. The van der Waals surface area contributed by atoms with Crippen LogP contribution in [-0.2, 0) is 4.79 Å². The molecule has 2 aromatic carbocycles. The number of carbonyl (C=O) groups excluding carboxylic acids is 2. The van der Waals surface area contributed by atoms with Gasteiger partial charge < -0.3 is 9.80 Å². The van der Waals surface area contributed by atoms with Crippen LogP contribution < -0.4 is 4.90 Å². The molecule has 0 N–H and O–H groups in total. The van der Waals surface area contributed by atoms with Crippen LogP contribution in [0.2, 0.25) is 0 Å². The van der Waals surface area contributed by atoms with E-state index in [1.54, 1.807) is 16.7 Å². The van der Waals surface area contributed by atoms with Gasteiger partial charge in [-0.3, -0.25) is 9.59 Å². The standard InChI is InChI=1S/C20H21FN2O2/c1-13-4-7-17(8-5-13)23-11-15(3)22(12-19(23)24)20(25)16-6-9-18(21)14(2)10-16/h4-10,15H,11-12H2,1-3H3. The first-order valence-electron chi connectivity index (χ1n) is 8.31. The third-order valence-corrected chi connectivity index (χ3v) is 4.60. The predicted octanol–water partition coefficient (Wildman–Crippen LogP) is 3.32. The molecule has 1 aliphatic rings. The second-order valence-electron chi connectivity index (χ2n) is 6.59. The number of carbonyl (C=O) groups is 2. The third-order valence-electron chi connectivity index (χ3n) is 4.60. The number of hydrogen-bond acceptors (Lipinski definition) is 2. The first kappa shape index (κ1) is 17.1. The Kier molecular flexibility index (Phi) is 4.57. The van der Waals surface area contributed by atoms with Gasteiger partial charge in [-0.2, -0.15) is 0 Å². The van der Waals surface area contributed by atoms with Crippen molar-refractivity contribution in [2.75, 3.05) is 18.0 Å². The number of halogens is 1. The summed E-state index contributed by atoms with van der Waals surface area (Å²) in [5, 5.41) is 0. The topological polar surface area (TPSA) is 40.6 Å². The molecular formula is C20H21FN2O2. The van der Waals surface area contributed by atoms with Gasteiger partial charge in [0.1, 0.15) is 12.4 Å². The van der Waals surface area contributed by atoms with Gasteiger partial charge in [0.15, 0.2) is 0 Å². The SMILES string of the molecule is Cc1ccc(N2CC(C)N(C(=O)c3ccc(F)c(C)c3)CC2=O)cc1. The van der Waals surface area contributed by atoms with Gasteiger partial charge in [-0.05, 0) is 56.7 Å². The first-order chi connectivity index (χ1) is 11.9. The second-order valence-corrected chi connectivity index (χ2v) is 6.59. The molecule has 0 aromatic heterocycles. The lowest BCUT2D eigenvalue weighted by molar-refractivity contribution is -0.121. The Balaban J connectivity index is 1.79. The normalized spacial score (nSPS) is 17.8. The Morgan fingerprint density at radius 2 is 1.80 bits per heavy atom. The Morgan fingerprint density at radius 3 is 2.44 bits per heavy atom. The molecule has 2 amide bonds. The lowest BCUT2D eigenvalue weighted by Crippen LogP contribution is -2.57. The fraction of sp³-hybridized carbons (Fsp3) is 0.300. The van der Waals surface area contributed by atoms with Crippen molar-refractivity contribution in [3.05, 3.63) is 65.0 Å². The minimum atomic E-state index is -0.343. The van der Waals surface area contributed by atoms with Crippen LogP contribution in [0.25, 0.3) is 0 Å². The summed E-state index contributed by atoms with van der Waals surface area (Å²) in [6, 6.07) is 11.9. The quantitative estimate of drug-likeness (QED) is 0.841. The molecule has 1 unspecified atom stereocenters. The van der Waals surface area contributed by atoms with Gasteiger partial charge >= 0.3 is 0 Å².